The molecule has 0 unspecified atom stereocenters. The van der Waals surface area contributed by atoms with Gasteiger partial charge in [0.1, 0.15) is 29.3 Å². The number of hydrogen-bond acceptors (Lipinski definition) is 5. The number of carbonyl (C=O) groups is 3. The summed E-state index contributed by atoms with van der Waals surface area (Å²) in [6, 6.07) is 4.42. The average molecular weight is 458 g/mol. The number of nitrogens with zero attached hydrogens (tertiary/aromatic N) is 1. The topological polar surface area (TPSA) is 136 Å². The van der Waals surface area contributed by atoms with Crippen LogP contribution in [0.2, 0.25) is 0 Å². The molecule has 0 aliphatic carbocycles. The van der Waals surface area contributed by atoms with E-state index in [2.05, 4.69) is 20.9 Å². The molecular formula is C23H28FN5O4. The Morgan fingerprint density at radius 1 is 1.33 bits per heavy atom. The van der Waals surface area contributed by atoms with Gasteiger partial charge in [-0.3, -0.25) is 14.4 Å². The molecule has 0 saturated carbocycles. The largest absolute Gasteiger partial charge is 0.496 e. The normalized spacial score (nSPS) is 17.3. The summed E-state index contributed by atoms with van der Waals surface area (Å²) in [4.78, 5) is 40.4. The smallest absolute Gasteiger partial charge is 0.268 e. The molecule has 3 rings (SSSR count). The maximum Gasteiger partial charge on any atom is 0.268 e. The van der Waals surface area contributed by atoms with Crippen molar-refractivity contribution in [2.75, 3.05) is 13.7 Å². The number of nitrogens with one attached hydrogen (secondary N) is 4. The Balaban J connectivity index is 1.74. The lowest BCUT2D eigenvalue weighted by Gasteiger charge is -2.22. The van der Waals surface area contributed by atoms with Crippen molar-refractivity contribution in [3.05, 3.63) is 29.7 Å². The Kier molecular flexibility index (Phi) is 7.53. The number of hydrogen-bond donors (Lipinski definition) is 4. The fraction of sp³-hybridized carbons (Fsp3) is 0.478. The summed E-state index contributed by atoms with van der Waals surface area (Å²) in [5.74, 6) is -1.61. The first-order valence-corrected chi connectivity index (χ1v) is 10.9. The van der Waals surface area contributed by atoms with Crippen molar-refractivity contribution < 1.29 is 23.5 Å². The molecule has 3 amide bonds. The van der Waals surface area contributed by atoms with Crippen LogP contribution in [0.5, 0.6) is 5.75 Å². The highest BCUT2D eigenvalue weighted by Crippen LogP contribution is 2.28. The second-order valence-electron chi connectivity index (χ2n) is 8.58. The molecule has 4 N–H and O–H groups in total. The lowest BCUT2D eigenvalue weighted by atomic mass is 9.98. The van der Waals surface area contributed by atoms with E-state index < -0.39 is 29.7 Å². The Morgan fingerprint density at radius 3 is 2.70 bits per heavy atom. The average Bonchev–Trinajstić information content (AvgIpc) is 3.40. The third kappa shape index (κ3) is 5.61. The van der Waals surface area contributed by atoms with Crippen molar-refractivity contribution in [2.45, 2.75) is 45.2 Å². The number of methoxy groups -OCH3 is 1. The molecule has 33 heavy (non-hydrogen) atoms. The van der Waals surface area contributed by atoms with Crippen molar-refractivity contribution >= 4 is 28.6 Å². The zero-order chi connectivity index (χ0) is 24.1. The Morgan fingerprint density at radius 2 is 2.09 bits per heavy atom. The van der Waals surface area contributed by atoms with E-state index in [9.17, 15) is 24.0 Å². The molecule has 1 fully saturated rings. The number of rotatable bonds is 9. The predicted octanol–water partition coefficient (Wildman–Crippen LogP) is 1.99. The van der Waals surface area contributed by atoms with Crippen molar-refractivity contribution in [2.24, 2.45) is 11.8 Å². The summed E-state index contributed by atoms with van der Waals surface area (Å²) >= 11 is 0. The first-order chi connectivity index (χ1) is 15.7. The monoisotopic (exact) mass is 457 g/mol. The Labute approximate surface area is 191 Å². The minimum Gasteiger partial charge on any atom is -0.496 e. The van der Waals surface area contributed by atoms with E-state index in [0.717, 1.165) is 0 Å². The molecule has 2 heterocycles. The number of benzene rings is 1. The van der Waals surface area contributed by atoms with Crippen LogP contribution in [0.15, 0.2) is 18.2 Å². The summed E-state index contributed by atoms with van der Waals surface area (Å²) in [5.41, 5.74) is 0.207. The van der Waals surface area contributed by atoms with E-state index in [1.807, 2.05) is 19.9 Å². The van der Waals surface area contributed by atoms with E-state index in [0.29, 0.717) is 30.5 Å². The highest BCUT2D eigenvalue weighted by atomic mass is 19.1. The minimum absolute atomic E-state index is 0.0717. The number of nitriles is 1. The second kappa shape index (κ2) is 10.3. The van der Waals surface area contributed by atoms with E-state index >= 15 is 0 Å². The van der Waals surface area contributed by atoms with E-state index in [-0.39, 0.29) is 35.4 Å². The van der Waals surface area contributed by atoms with Gasteiger partial charge < -0.3 is 25.7 Å². The summed E-state index contributed by atoms with van der Waals surface area (Å²) in [6.07, 6.45) is 1.15. The fourth-order valence-corrected chi connectivity index (χ4v) is 3.97. The molecule has 176 valence electrons. The molecule has 1 aliphatic heterocycles. The van der Waals surface area contributed by atoms with Crippen LogP contribution in [0.25, 0.3) is 10.9 Å². The molecule has 0 bridgehead atoms. The Hall–Kier alpha value is -3.61. The third-order valence-electron chi connectivity index (χ3n) is 5.65. The summed E-state index contributed by atoms with van der Waals surface area (Å²) in [5, 5.41) is 17.9. The van der Waals surface area contributed by atoms with Crippen LogP contribution in [0.4, 0.5) is 4.39 Å². The highest BCUT2D eigenvalue weighted by Gasteiger charge is 2.30. The van der Waals surface area contributed by atoms with Crippen LogP contribution in [-0.4, -0.2) is 48.4 Å². The van der Waals surface area contributed by atoms with Crippen LogP contribution in [-0.2, 0) is 9.59 Å². The number of H-pyrrole nitrogens is 1. The SMILES string of the molecule is COc1ccc(F)c2[nH]c(C(=O)N[C@@H](CC(C)C)C(=O)N[C@H](C#N)C[C@@H]3CCNC3=O)cc12. The maximum absolute atomic E-state index is 14.2. The van der Waals surface area contributed by atoms with Gasteiger partial charge >= 0.3 is 0 Å². The Bertz CT molecular complexity index is 1090. The molecule has 0 spiro atoms. The number of ether oxygens (including phenoxy) is 1. The molecule has 1 aromatic carbocycles. The summed E-state index contributed by atoms with van der Waals surface area (Å²) < 4.78 is 19.4. The first kappa shape index (κ1) is 24.0. The van der Waals surface area contributed by atoms with Gasteiger partial charge in [-0.1, -0.05) is 13.8 Å². The number of aromatic nitrogens is 1. The lowest BCUT2D eigenvalue weighted by Crippen LogP contribution is -2.50. The fourth-order valence-electron chi connectivity index (χ4n) is 3.97. The van der Waals surface area contributed by atoms with Gasteiger partial charge in [0.05, 0.1) is 18.7 Å². The summed E-state index contributed by atoms with van der Waals surface area (Å²) in [7, 11) is 1.45. The molecule has 1 saturated heterocycles. The van der Waals surface area contributed by atoms with Gasteiger partial charge in [0.25, 0.3) is 5.91 Å². The van der Waals surface area contributed by atoms with E-state index in [1.54, 1.807) is 0 Å². The van der Waals surface area contributed by atoms with Crippen LogP contribution in [0, 0.1) is 29.0 Å². The van der Waals surface area contributed by atoms with Gasteiger partial charge in [-0.15, -0.1) is 0 Å². The minimum atomic E-state index is -0.913. The zero-order valence-corrected chi connectivity index (χ0v) is 18.8. The third-order valence-corrected chi connectivity index (χ3v) is 5.65. The molecular weight excluding hydrogens is 429 g/mol. The van der Waals surface area contributed by atoms with Gasteiger partial charge in [0, 0.05) is 17.8 Å². The van der Waals surface area contributed by atoms with Crippen molar-refractivity contribution in [3.8, 4) is 11.8 Å². The molecule has 2 aromatic rings. The number of halogens is 1. The van der Waals surface area contributed by atoms with Gasteiger partial charge in [0.15, 0.2) is 0 Å². The predicted molar refractivity (Wildman–Crippen MR) is 119 cm³/mol. The second-order valence-corrected chi connectivity index (χ2v) is 8.58. The lowest BCUT2D eigenvalue weighted by molar-refractivity contribution is -0.125. The number of fused-ring (bicyclic) bond motifs is 1. The van der Waals surface area contributed by atoms with Crippen molar-refractivity contribution in [1.29, 1.82) is 5.26 Å². The number of aromatic amines is 1. The maximum atomic E-state index is 14.2. The molecule has 10 heteroatoms. The van der Waals surface area contributed by atoms with Crippen molar-refractivity contribution in [3.63, 3.8) is 0 Å². The zero-order valence-electron chi connectivity index (χ0n) is 18.8. The number of amides is 3. The van der Waals surface area contributed by atoms with Crippen LogP contribution >= 0.6 is 0 Å². The molecule has 1 aliphatic rings. The van der Waals surface area contributed by atoms with Crippen LogP contribution in [0.1, 0.15) is 43.6 Å². The van der Waals surface area contributed by atoms with Crippen LogP contribution < -0.4 is 20.7 Å². The van der Waals surface area contributed by atoms with Gasteiger partial charge in [-0.05, 0) is 43.4 Å². The van der Waals surface area contributed by atoms with Gasteiger partial charge in [0.2, 0.25) is 11.8 Å². The highest BCUT2D eigenvalue weighted by molar-refractivity contribution is 6.01. The van der Waals surface area contributed by atoms with Crippen molar-refractivity contribution in [1.82, 2.24) is 20.9 Å². The molecule has 0 radical (unpaired) electrons. The van der Waals surface area contributed by atoms with Crippen LogP contribution in [0.3, 0.4) is 0 Å². The standard InChI is InChI=1S/C23H28FN5O4/c1-12(2)8-17(22(31)27-14(11-25)9-13-6-7-26-21(13)30)29-23(32)18-10-15-19(33-3)5-4-16(24)20(15)28-18/h4-5,10,12-14,17,28H,6-9H2,1-3H3,(H,26,30)(H,27,31)(H,29,32)/t13-,14-,17-/m0/s1. The van der Waals surface area contributed by atoms with E-state index in [1.165, 1.54) is 25.3 Å². The number of carbonyl (C=O) groups excluding carboxylic acids is 3. The molecule has 9 nitrogen and oxygen atoms in total. The molecule has 3 atom stereocenters. The molecule has 1 aromatic heterocycles. The van der Waals surface area contributed by atoms with E-state index in [4.69, 9.17) is 4.74 Å². The first-order valence-electron chi connectivity index (χ1n) is 10.9. The van der Waals surface area contributed by atoms with Gasteiger partial charge in [-0.2, -0.15) is 5.26 Å². The summed E-state index contributed by atoms with van der Waals surface area (Å²) in [6.45, 7) is 4.36. The van der Waals surface area contributed by atoms with Gasteiger partial charge in [-0.25, -0.2) is 4.39 Å². The quantitative estimate of drug-likeness (QED) is 0.457.